The van der Waals surface area contributed by atoms with Gasteiger partial charge < -0.3 is 9.80 Å². The molecule has 1 aliphatic rings. The van der Waals surface area contributed by atoms with Gasteiger partial charge in [0.1, 0.15) is 11.8 Å². The molecule has 0 aliphatic carbocycles. The van der Waals surface area contributed by atoms with Crippen molar-refractivity contribution in [3.8, 4) is 6.07 Å². The molecule has 1 aliphatic heterocycles. The number of hydrogen-bond donors (Lipinski definition) is 0. The number of nitrogens with zero attached hydrogens (tertiary/aromatic N) is 5. The second kappa shape index (κ2) is 5.87. The van der Waals surface area contributed by atoms with Crippen LogP contribution in [-0.4, -0.2) is 47.0 Å². The van der Waals surface area contributed by atoms with Gasteiger partial charge >= 0.3 is 0 Å². The summed E-state index contributed by atoms with van der Waals surface area (Å²) in [7, 11) is 0. The molecule has 0 radical (unpaired) electrons. The molecule has 0 N–H and O–H groups in total. The molecule has 1 aromatic rings. The molecule has 6 heteroatoms. The topological polar surface area (TPSA) is 73.1 Å². The van der Waals surface area contributed by atoms with Crippen LogP contribution in [0.3, 0.4) is 0 Å². The van der Waals surface area contributed by atoms with Crippen molar-refractivity contribution in [3.63, 3.8) is 0 Å². The maximum atomic E-state index is 11.9. The molecule has 6 nitrogen and oxygen atoms in total. The van der Waals surface area contributed by atoms with Crippen molar-refractivity contribution >= 4 is 11.9 Å². The Morgan fingerprint density at radius 1 is 1.30 bits per heavy atom. The number of aryl methyl sites for hydroxylation is 1. The fourth-order valence-corrected chi connectivity index (χ4v) is 2.24. The molecule has 2 heterocycles. The molecule has 2 rings (SSSR count). The SMILES string of the molecule is Cc1cc(C#N)nc(N2CCN(C(=O)C(C)C)CC2)n1. The molecular formula is C14H19N5O. The number of carbonyl (C=O) groups excluding carboxylic acids is 1. The van der Waals surface area contributed by atoms with E-state index >= 15 is 0 Å². The van der Waals surface area contributed by atoms with Crippen molar-refractivity contribution in [2.24, 2.45) is 5.92 Å². The summed E-state index contributed by atoms with van der Waals surface area (Å²) in [4.78, 5) is 24.4. The van der Waals surface area contributed by atoms with Gasteiger partial charge in [-0.3, -0.25) is 4.79 Å². The zero-order valence-electron chi connectivity index (χ0n) is 12.1. The minimum atomic E-state index is 0.0296. The molecule has 1 amide bonds. The predicted molar refractivity (Wildman–Crippen MR) is 75.1 cm³/mol. The van der Waals surface area contributed by atoms with Gasteiger partial charge in [-0.2, -0.15) is 5.26 Å². The molecule has 20 heavy (non-hydrogen) atoms. The normalized spacial score (nSPS) is 15.3. The fourth-order valence-electron chi connectivity index (χ4n) is 2.24. The minimum Gasteiger partial charge on any atom is -0.339 e. The first-order valence-electron chi connectivity index (χ1n) is 6.81. The van der Waals surface area contributed by atoms with Crippen LogP contribution in [0.5, 0.6) is 0 Å². The number of hydrogen-bond acceptors (Lipinski definition) is 5. The average Bonchev–Trinajstić information content (AvgIpc) is 2.45. The Balaban J connectivity index is 2.06. The molecular weight excluding hydrogens is 254 g/mol. The zero-order valence-corrected chi connectivity index (χ0v) is 12.1. The Labute approximate surface area is 119 Å². The highest BCUT2D eigenvalue weighted by Gasteiger charge is 2.24. The highest BCUT2D eigenvalue weighted by molar-refractivity contribution is 5.78. The fraction of sp³-hybridized carbons (Fsp3) is 0.571. The first-order valence-corrected chi connectivity index (χ1v) is 6.81. The van der Waals surface area contributed by atoms with Crippen molar-refractivity contribution in [1.29, 1.82) is 5.26 Å². The van der Waals surface area contributed by atoms with E-state index in [4.69, 9.17) is 5.26 Å². The maximum absolute atomic E-state index is 11.9. The largest absolute Gasteiger partial charge is 0.339 e. The van der Waals surface area contributed by atoms with Gasteiger partial charge in [-0.1, -0.05) is 13.8 Å². The van der Waals surface area contributed by atoms with Crippen LogP contribution >= 0.6 is 0 Å². The summed E-state index contributed by atoms with van der Waals surface area (Å²) in [5.41, 5.74) is 1.17. The van der Waals surface area contributed by atoms with Gasteiger partial charge in [0.05, 0.1) is 0 Å². The lowest BCUT2D eigenvalue weighted by Gasteiger charge is -2.35. The second-order valence-electron chi connectivity index (χ2n) is 5.27. The van der Waals surface area contributed by atoms with Crippen LogP contribution in [0.2, 0.25) is 0 Å². The van der Waals surface area contributed by atoms with Crippen molar-refractivity contribution in [2.75, 3.05) is 31.1 Å². The Kier molecular flexibility index (Phi) is 4.18. The second-order valence-corrected chi connectivity index (χ2v) is 5.27. The highest BCUT2D eigenvalue weighted by Crippen LogP contribution is 2.14. The number of rotatable bonds is 2. The molecule has 1 saturated heterocycles. The van der Waals surface area contributed by atoms with E-state index in [1.807, 2.05) is 36.6 Å². The van der Waals surface area contributed by atoms with Gasteiger partial charge in [0, 0.05) is 37.8 Å². The lowest BCUT2D eigenvalue weighted by atomic mass is 10.1. The van der Waals surface area contributed by atoms with Crippen LogP contribution in [0, 0.1) is 24.2 Å². The van der Waals surface area contributed by atoms with E-state index < -0.39 is 0 Å². The number of anilines is 1. The molecule has 1 aromatic heterocycles. The summed E-state index contributed by atoms with van der Waals surface area (Å²) in [6.07, 6.45) is 0. The van der Waals surface area contributed by atoms with E-state index in [0.717, 1.165) is 5.69 Å². The predicted octanol–water partition coefficient (Wildman–Crippen LogP) is 0.961. The van der Waals surface area contributed by atoms with Crippen LogP contribution in [0.4, 0.5) is 5.95 Å². The first-order chi connectivity index (χ1) is 9.51. The number of carbonyl (C=O) groups is 1. The molecule has 0 spiro atoms. The number of aromatic nitrogens is 2. The first kappa shape index (κ1) is 14.3. The lowest BCUT2D eigenvalue weighted by Crippen LogP contribution is -2.50. The van der Waals surface area contributed by atoms with E-state index in [2.05, 4.69) is 9.97 Å². The third-order valence-electron chi connectivity index (χ3n) is 3.33. The van der Waals surface area contributed by atoms with Crippen LogP contribution in [-0.2, 0) is 4.79 Å². The van der Waals surface area contributed by atoms with Gasteiger partial charge in [0.15, 0.2) is 0 Å². The van der Waals surface area contributed by atoms with Gasteiger partial charge in [0.25, 0.3) is 0 Å². The number of nitriles is 1. The van der Waals surface area contributed by atoms with Gasteiger partial charge in [-0.15, -0.1) is 0 Å². The smallest absolute Gasteiger partial charge is 0.226 e. The molecule has 0 aromatic carbocycles. The summed E-state index contributed by atoms with van der Waals surface area (Å²) in [6, 6.07) is 3.72. The lowest BCUT2D eigenvalue weighted by molar-refractivity contribution is -0.134. The minimum absolute atomic E-state index is 0.0296. The molecule has 1 fully saturated rings. The molecule has 106 valence electrons. The molecule has 0 unspecified atom stereocenters. The van der Waals surface area contributed by atoms with Crippen molar-refractivity contribution < 1.29 is 4.79 Å². The van der Waals surface area contributed by atoms with Crippen molar-refractivity contribution in [1.82, 2.24) is 14.9 Å². The Hall–Kier alpha value is -2.16. The Bertz CT molecular complexity index is 541. The maximum Gasteiger partial charge on any atom is 0.226 e. The van der Waals surface area contributed by atoms with E-state index in [1.54, 1.807) is 6.07 Å². The van der Waals surface area contributed by atoms with Crippen molar-refractivity contribution in [3.05, 3.63) is 17.5 Å². The van der Waals surface area contributed by atoms with Crippen LogP contribution < -0.4 is 4.90 Å². The van der Waals surface area contributed by atoms with Gasteiger partial charge in [0.2, 0.25) is 11.9 Å². The highest BCUT2D eigenvalue weighted by atomic mass is 16.2. The summed E-state index contributed by atoms with van der Waals surface area (Å²) in [5.74, 6) is 0.799. The summed E-state index contributed by atoms with van der Waals surface area (Å²) in [5, 5.41) is 8.95. The van der Waals surface area contributed by atoms with E-state index in [1.165, 1.54) is 0 Å². The standard InChI is InChI=1S/C14H19N5O/c1-10(2)13(20)18-4-6-19(7-5-18)14-16-11(3)8-12(9-15)17-14/h8,10H,4-7H2,1-3H3. The van der Waals surface area contributed by atoms with E-state index in [-0.39, 0.29) is 11.8 Å². The Morgan fingerprint density at radius 2 is 1.95 bits per heavy atom. The monoisotopic (exact) mass is 273 g/mol. The zero-order chi connectivity index (χ0) is 14.7. The number of amides is 1. The molecule has 0 bridgehead atoms. The van der Waals surface area contributed by atoms with Crippen LogP contribution in [0.25, 0.3) is 0 Å². The van der Waals surface area contributed by atoms with Crippen LogP contribution in [0.1, 0.15) is 25.2 Å². The van der Waals surface area contributed by atoms with E-state index in [9.17, 15) is 4.79 Å². The third-order valence-corrected chi connectivity index (χ3v) is 3.33. The Morgan fingerprint density at radius 3 is 2.50 bits per heavy atom. The van der Waals surface area contributed by atoms with Gasteiger partial charge in [-0.25, -0.2) is 9.97 Å². The third kappa shape index (κ3) is 3.05. The number of piperazine rings is 1. The van der Waals surface area contributed by atoms with E-state index in [0.29, 0.717) is 37.8 Å². The van der Waals surface area contributed by atoms with Crippen LogP contribution in [0.15, 0.2) is 6.07 Å². The molecule has 0 saturated carbocycles. The summed E-state index contributed by atoms with van der Waals surface area (Å²) < 4.78 is 0. The van der Waals surface area contributed by atoms with Crippen molar-refractivity contribution in [2.45, 2.75) is 20.8 Å². The quantitative estimate of drug-likeness (QED) is 0.802. The summed E-state index contributed by atoms with van der Waals surface area (Å²) >= 11 is 0. The molecule has 0 atom stereocenters. The average molecular weight is 273 g/mol. The van der Waals surface area contributed by atoms with Gasteiger partial charge in [-0.05, 0) is 13.0 Å². The summed E-state index contributed by atoms with van der Waals surface area (Å²) in [6.45, 7) is 8.44.